The molecule has 0 bridgehead atoms. The summed E-state index contributed by atoms with van der Waals surface area (Å²) in [5.41, 5.74) is 1.20. The lowest BCUT2D eigenvalue weighted by atomic mass is 10.2. The normalized spacial score (nSPS) is 11.4. The molecule has 132 valence electrons. The molecule has 0 aliphatic heterocycles. The topological polar surface area (TPSA) is 61.0 Å². The van der Waals surface area contributed by atoms with Crippen molar-refractivity contribution in [2.24, 2.45) is 0 Å². The lowest BCUT2D eigenvalue weighted by molar-refractivity contribution is 0.242. The van der Waals surface area contributed by atoms with Gasteiger partial charge >= 0.3 is 0 Å². The number of aromatic nitrogens is 3. The Balaban J connectivity index is 1.53. The van der Waals surface area contributed by atoms with Gasteiger partial charge in [-0.15, -0.1) is 21.5 Å². The Bertz CT molecular complexity index is 1040. The summed E-state index contributed by atoms with van der Waals surface area (Å²) in [7, 11) is 0. The molecule has 26 heavy (non-hydrogen) atoms. The fourth-order valence-corrected chi connectivity index (χ4v) is 3.53. The Kier molecular flexibility index (Phi) is 4.38. The number of nitrogens with zero attached hydrogens (tertiary/aromatic N) is 3. The fourth-order valence-electron chi connectivity index (χ4n) is 2.56. The Morgan fingerprint density at radius 3 is 2.65 bits per heavy atom. The lowest BCUT2D eigenvalue weighted by Crippen LogP contribution is -2.05. The molecule has 0 aliphatic carbocycles. The van der Waals surface area contributed by atoms with Crippen LogP contribution in [0, 0.1) is 5.82 Å². The van der Waals surface area contributed by atoms with Gasteiger partial charge in [0.25, 0.3) is 0 Å². The number of rotatable bonds is 5. The number of thiazole rings is 1. The summed E-state index contributed by atoms with van der Waals surface area (Å²) in [5.74, 6) is 1.35. The summed E-state index contributed by atoms with van der Waals surface area (Å²) >= 11 is 1.42. The summed E-state index contributed by atoms with van der Waals surface area (Å²) in [6.07, 6.45) is 0.495. The molecular formula is C19H16FN3O2S. The van der Waals surface area contributed by atoms with Crippen LogP contribution in [-0.2, 0) is 6.42 Å². The number of hydrogen-bond donors (Lipinski definition) is 0. The molecule has 0 fully saturated rings. The first-order valence-electron chi connectivity index (χ1n) is 8.22. The predicted molar refractivity (Wildman–Crippen MR) is 97.9 cm³/mol. The molecule has 0 radical (unpaired) electrons. The third kappa shape index (κ3) is 3.43. The zero-order valence-corrected chi connectivity index (χ0v) is 15.1. The van der Waals surface area contributed by atoms with Gasteiger partial charge in [0.15, 0.2) is 0 Å². The van der Waals surface area contributed by atoms with Gasteiger partial charge in [-0.25, -0.2) is 9.37 Å². The molecule has 4 rings (SSSR count). The maximum absolute atomic E-state index is 13.8. The van der Waals surface area contributed by atoms with Crippen LogP contribution in [0.15, 0.2) is 46.9 Å². The van der Waals surface area contributed by atoms with Crippen LogP contribution in [0.4, 0.5) is 4.39 Å². The van der Waals surface area contributed by atoms with Gasteiger partial charge < -0.3 is 9.15 Å². The zero-order valence-electron chi connectivity index (χ0n) is 14.3. The third-order valence-electron chi connectivity index (χ3n) is 3.66. The molecule has 0 N–H and O–H groups in total. The first-order valence-corrected chi connectivity index (χ1v) is 9.03. The minimum Gasteiger partial charge on any atom is -0.491 e. The van der Waals surface area contributed by atoms with Gasteiger partial charge in [0, 0.05) is 5.56 Å². The van der Waals surface area contributed by atoms with Gasteiger partial charge in [0.05, 0.1) is 17.2 Å². The maximum Gasteiger partial charge on any atom is 0.247 e. The second-order valence-electron chi connectivity index (χ2n) is 6.06. The first-order chi connectivity index (χ1) is 12.6. The smallest absolute Gasteiger partial charge is 0.247 e. The van der Waals surface area contributed by atoms with Gasteiger partial charge in [-0.3, -0.25) is 0 Å². The average molecular weight is 369 g/mol. The molecule has 0 saturated heterocycles. The molecule has 5 nitrogen and oxygen atoms in total. The van der Waals surface area contributed by atoms with E-state index in [1.54, 1.807) is 6.07 Å². The van der Waals surface area contributed by atoms with Crippen LogP contribution in [0.1, 0.15) is 24.7 Å². The number of benzene rings is 2. The van der Waals surface area contributed by atoms with E-state index in [9.17, 15) is 4.39 Å². The Hall–Kier alpha value is -2.80. The van der Waals surface area contributed by atoms with Crippen LogP contribution < -0.4 is 4.74 Å². The molecule has 4 aromatic rings. The molecule has 2 heterocycles. The fraction of sp³-hybridized carbons (Fsp3) is 0.211. The molecule has 2 aromatic heterocycles. The van der Waals surface area contributed by atoms with Crippen LogP contribution in [0.3, 0.4) is 0 Å². The van der Waals surface area contributed by atoms with Crippen LogP contribution >= 0.6 is 11.3 Å². The quantitative estimate of drug-likeness (QED) is 0.503. The summed E-state index contributed by atoms with van der Waals surface area (Å²) in [6.45, 7) is 3.96. The van der Waals surface area contributed by atoms with E-state index in [0.717, 1.165) is 21.0 Å². The van der Waals surface area contributed by atoms with Gasteiger partial charge in [0.1, 0.15) is 22.1 Å². The molecule has 0 amide bonds. The highest BCUT2D eigenvalue weighted by Crippen LogP contribution is 2.27. The van der Waals surface area contributed by atoms with E-state index in [1.807, 2.05) is 44.2 Å². The van der Waals surface area contributed by atoms with Crippen LogP contribution in [-0.4, -0.2) is 21.3 Å². The van der Waals surface area contributed by atoms with Crippen LogP contribution in [0.2, 0.25) is 0 Å². The average Bonchev–Trinajstić information content (AvgIpc) is 3.23. The number of fused-ring (bicyclic) bond motifs is 1. The second-order valence-corrected chi connectivity index (χ2v) is 7.18. The maximum atomic E-state index is 13.8. The van der Waals surface area contributed by atoms with Gasteiger partial charge in [0.2, 0.25) is 11.8 Å². The van der Waals surface area contributed by atoms with Crippen molar-refractivity contribution in [3.63, 3.8) is 0 Å². The van der Waals surface area contributed by atoms with E-state index in [1.165, 1.54) is 17.4 Å². The zero-order chi connectivity index (χ0) is 18.1. The van der Waals surface area contributed by atoms with Crippen molar-refractivity contribution in [3.05, 3.63) is 59.2 Å². The van der Waals surface area contributed by atoms with Crippen molar-refractivity contribution in [1.82, 2.24) is 15.2 Å². The van der Waals surface area contributed by atoms with Crippen molar-refractivity contribution >= 4 is 21.6 Å². The van der Waals surface area contributed by atoms with E-state index < -0.39 is 0 Å². The van der Waals surface area contributed by atoms with Crippen molar-refractivity contribution in [2.45, 2.75) is 26.4 Å². The van der Waals surface area contributed by atoms with E-state index >= 15 is 0 Å². The van der Waals surface area contributed by atoms with E-state index in [0.29, 0.717) is 23.7 Å². The lowest BCUT2D eigenvalue weighted by Gasteiger charge is -2.09. The standard InChI is InChI=1S/C19H16FN3O2S/c1-11(2)24-13-8-6-12(7-9-13)19-23-22-16(25-19)10-17-21-18-14(20)4-3-5-15(18)26-17/h3-9,11H,10H2,1-2H3. The van der Waals surface area contributed by atoms with Crippen molar-refractivity contribution < 1.29 is 13.5 Å². The Morgan fingerprint density at radius 1 is 1.12 bits per heavy atom. The summed E-state index contributed by atoms with van der Waals surface area (Å²) in [5, 5.41) is 8.90. The molecule has 0 aliphatic rings. The second kappa shape index (κ2) is 6.84. The molecule has 0 unspecified atom stereocenters. The Morgan fingerprint density at radius 2 is 1.92 bits per heavy atom. The summed E-state index contributed by atoms with van der Waals surface area (Å²) in [6, 6.07) is 12.4. The molecule has 0 saturated carbocycles. The van der Waals surface area contributed by atoms with Gasteiger partial charge in [-0.1, -0.05) is 6.07 Å². The van der Waals surface area contributed by atoms with Gasteiger partial charge in [-0.05, 0) is 50.2 Å². The third-order valence-corrected chi connectivity index (χ3v) is 4.68. The minimum absolute atomic E-state index is 0.120. The van der Waals surface area contributed by atoms with Crippen molar-refractivity contribution in [1.29, 1.82) is 0 Å². The largest absolute Gasteiger partial charge is 0.491 e. The van der Waals surface area contributed by atoms with Crippen molar-refractivity contribution in [2.75, 3.05) is 0 Å². The SMILES string of the molecule is CC(C)Oc1ccc(-c2nnc(Cc3nc4c(F)cccc4s3)o2)cc1. The highest BCUT2D eigenvalue weighted by molar-refractivity contribution is 7.18. The van der Waals surface area contributed by atoms with Crippen molar-refractivity contribution in [3.8, 4) is 17.2 Å². The molecule has 0 spiro atoms. The number of halogens is 1. The van der Waals surface area contributed by atoms with Crippen LogP contribution in [0.25, 0.3) is 21.7 Å². The highest BCUT2D eigenvalue weighted by atomic mass is 32.1. The van der Waals surface area contributed by atoms with Gasteiger partial charge in [-0.2, -0.15) is 0 Å². The minimum atomic E-state index is -0.320. The first kappa shape index (κ1) is 16.7. The monoisotopic (exact) mass is 369 g/mol. The molecule has 7 heteroatoms. The van der Waals surface area contributed by atoms with E-state index in [4.69, 9.17) is 9.15 Å². The Labute approximate surface area is 153 Å². The number of para-hydroxylation sites is 1. The summed E-state index contributed by atoms with van der Waals surface area (Å²) in [4.78, 5) is 4.33. The van der Waals surface area contributed by atoms with Crippen LogP contribution in [0.5, 0.6) is 5.75 Å². The number of hydrogen-bond acceptors (Lipinski definition) is 6. The number of ether oxygens (including phenoxy) is 1. The molecule has 2 aromatic carbocycles. The van der Waals surface area contributed by atoms with E-state index in [-0.39, 0.29) is 11.9 Å². The predicted octanol–water partition coefficient (Wildman–Crippen LogP) is 4.86. The summed E-state index contributed by atoms with van der Waals surface area (Å²) < 4.78 is 25.9. The highest BCUT2D eigenvalue weighted by Gasteiger charge is 2.13. The van der Waals surface area contributed by atoms with E-state index in [2.05, 4.69) is 15.2 Å². The molecule has 0 atom stereocenters. The molecular weight excluding hydrogens is 353 g/mol.